The molecule has 1 unspecified atom stereocenters. The average Bonchev–Trinajstić information content (AvgIpc) is 2.44. The van der Waals surface area contributed by atoms with E-state index in [1.807, 2.05) is 25.1 Å². The normalized spacial score (nSPS) is 12.2. The zero-order valence-corrected chi connectivity index (χ0v) is 13.2. The van der Waals surface area contributed by atoms with Crippen molar-refractivity contribution >= 4 is 15.9 Å². The molecule has 0 fully saturated rings. The Kier molecular flexibility index (Phi) is 5.09. The van der Waals surface area contributed by atoms with Crippen LogP contribution in [0, 0.1) is 6.92 Å². The van der Waals surface area contributed by atoms with Crippen molar-refractivity contribution in [1.29, 1.82) is 0 Å². The van der Waals surface area contributed by atoms with E-state index in [9.17, 15) is 0 Å². The molecule has 0 aliphatic rings. The fraction of sp³-hybridized carbons (Fsp3) is 0.333. The minimum atomic E-state index is 0.152. The molecule has 1 heterocycles. The molecule has 0 amide bonds. The fourth-order valence-corrected chi connectivity index (χ4v) is 2.25. The van der Waals surface area contributed by atoms with Gasteiger partial charge >= 0.3 is 6.01 Å². The summed E-state index contributed by atoms with van der Waals surface area (Å²) in [7, 11) is 0. The highest BCUT2D eigenvalue weighted by atomic mass is 79.9. The van der Waals surface area contributed by atoms with Crippen LogP contribution in [0.2, 0.25) is 0 Å². The van der Waals surface area contributed by atoms with Crippen LogP contribution >= 0.6 is 15.9 Å². The summed E-state index contributed by atoms with van der Waals surface area (Å²) in [5.74, 6) is 0.756. The molecule has 2 N–H and O–H groups in total. The van der Waals surface area contributed by atoms with Gasteiger partial charge in [-0.05, 0) is 49.1 Å². The van der Waals surface area contributed by atoms with Crippen LogP contribution in [0.15, 0.2) is 35.1 Å². The number of aromatic nitrogens is 2. The second kappa shape index (κ2) is 6.81. The number of rotatable bonds is 5. The summed E-state index contributed by atoms with van der Waals surface area (Å²) in [6.45, 7) is 4.05. The summed E-state index contributed by atoms with van der Waals surface area (Å²) in [5, 5.41) is 0. The zero-order chi connectivity index (χ0) is 14.5. The molecule has 0 aliphatic carbocycles. The summed E-state index contributed by atoms with van der Waals surface area (Å²) in [4.78, 5) is 8.45. The third-order valence-electron chi connectivity index (χ3n) is 3.04. The molecule has 2 rings (SSSR count). The van der Waals surface area contributed by atoms with Gasteiger partial charge in [0, 0.05) is 22.9 Å². The van der Waals surface area contributed by atoms with E-state index in [-0.39, 0.29) is 6.04 Å². The number of benzene rings is 1. The van der Waals surface area contributed by atoms with E-state index in [1.165, 1.54) is 0 Å². The average molecular weight is 336 g/mol. The molecule has 0 saturated heterocycles. The first kappa shape index (κ1) is 14.9. The minimum Gasteiger partial charge on any atom is -0.424 e. The van der Waals surface area contributed by atoms with Crippen molar-refractivity contribution in [2.75, 3.05) is 0 Å². The highest BCUT2D eigenvalue weighted by molar-refractivity contribution is 9.10. The molecule has 2 aromatic rings. The fourth-order valence-electron chi connectivity index (χ4n) is 1.77. The second-order valence-corrected chi connectivity index (χ2v) is 5.67. The first-order valence-corrected chi connectivity index (χ1v) is 7.38. The summed E-state index contributed by atoms with van der Waals surface area (Å²) < 4.78 is 6.70. The van der Waals surface area contributed by atoms with Crippen molar-refractivity contribution in [1.82, 2.24) is 9.97 Å². The highest BCUT2D eigenvalue weighted by Gasteiger charge is 2.06. The molecule has 1 aromatic heterocycles. The Hall–Kier alpha value is -1.46. The van der Waals surface area contributed by atoms with Crippen LogP contribution in [-0.2, 0) is 6.42 Å². The lowest BCUT2D eigenvalue weighted by Gasteiger charge is -2.09. The van der Waals surface area contributed by atoms with Crippen LogP contribution in [0.5, 0.6) is 11.8 Å². The van der Waals surface area contributed by atoms with Crippen LogP contribution < -0.4 is 10.5 Å². The van der Waals surface area contributed by atoms with Crippen LogP contribution in [0.1, 0.15) is 24.5 Å². The summed E-state index contributed by atoms with van der Waals surface area (Å²) >= 11 is 3.42. The summed E-state index contributed by atoms with van der Waals surface area (Å²) in [6, 6.07) is 6.31. The topological polar surface area (TPSA) is 61.0 Å². The molecular weight excluding hydrogens is 318 g/mol. The number of nitrogens with two attached hydrogens (primary N) is 1. The molecule has 106 valence electrons. The first-order valence-electron chi connectivity index (χ1n) is 6.59. The number of halogens is 1. The van der Waals surface area contributed by atoms with Crippen molar-refractivity contribution in [2.24, 2.45) is 5.73 Å². The first-order chi connectivity index (χ1) is 9.58. The molecule has 0 bridgehead atoms. The third kappa shape index (κ3) is 4.02. The van der Waals surface area contributed by atoms with Crippen LogP contribution in [0.3, 0.4) is 0 Å². The summed E-state index contributed by atoms with van der Waals surface area (Å²) in [6.07, 6.45) is 5.27. The largest absolute Gasteiger partial charge is 0.424 e. The van der Waals surface area contributed by atoms with Gasteiger partial charge in [-0.3, -0.25) is 0 Å². The van der Waals surface area contributed by atoms with Gasteiger partial charge in [0.1, 0.15) is 5.75 Å². The van der Waals surface area contributed by atoms with Gasteiger partial charge in [-0.2, -0.15) is 0 Å². The predicted octanol–water partition coefficient (Wildman–Crippen LogP) is 3.62. The van der Waals surface area contributed by atoms with Gasteiger partial charge < -0.3 is 10.5 Å². The van der Waals surface area contributed by atoms with Crippen molar-refractivity contribution < 1.29 is 4.74 Å². The monoisotopic (exact) mass is 335 g/mol. The number of hydrogen-bond donors (Lipinski definition) is 1. The molecule has 0 saturated carbocycles. The SMILES string of the molecule is CCC(N)Cc1cnc(Oc2ccc(Br)cc2C)nc1. The molecule has 1 atom stereocenters. The van der Waals surface area contributed by atoms with E-state index < -0.39 is 0 Å². The van der Waals surface area contributed by atoms with Crippen LogP contribution in [0.4, 0.5) is 0 Å². The van der Waals surface area contributed by atoms with E-state index in [0.717, 1.165) is 34.2 Å². The van der Waals surface area contributed by atoms with E-state index in [0.29, 0.717) is 6.01 Å². The Bertz CT molecular complexity index is 572. The van der Waals surface area contributed by atoms with Gasteiger partial charge in [0.25, 0.3) is 0 Å². The third-order valence-corrected chi connectivity index (χ3v) is 3.54. The Balaban J connectivity index is 2.07. The van der Waals surface area contributed by atoms with Gasteiger partial charge in [-0.15, -0.1) is 0 Å². The van der Waals surface area contributed by atoms with Crippen molar-refractivity contribution in [3.8, 4) is 11.8 Å². The van der Waals surface area contributed by atoms with Crippen molar-refractivity contribution in [3.05, 3.63) is 46.2 Å². The maximum atomic E-state index is 5.91. The Morgan fingerprint density at radius 2 is 2.00 bits per heavy atom. The maximum Gasteiger partial charge on any atom is 0.321 e. The van der Waals surface area contributed by atoms with Gasteiger partial charge in [-0.1, -0.05) is 22.9 Å². The second-order valence-electron chi connectivity index (χ2n) is 4.76. The van der Waals surface area contributed by atoms with Gasteiger partial charge in [0.2, 0.25) is 0 Å². The predicted molar refractivity (Wildman–Crippen MR) is 83.0 cm³/mol. The van der Waals surface area contributed by atoms with Gasteiger partial charge in [0.15, 0.2) is 0 Å². The number of nitrogens with zero attached hydrogens (tertiary/aromatic N) is 2. The molecule has 0 radical (unpaired) electrons. The number of hydrogen-bond acceptors (Lipinski definition) is 4. The van der Waals surface area contributed by atoms with E-state index in [1.54, 1.807) is 12.4 Å². The van der Waals surface area contributed by atoms with E-state index in [2.05, 4.69) is 32.8 Å². The quantitative estimate of drug-likeness (QED) is 0.906. The standard InChI is InChI=1S/C15H18BrN3O/c1-3-13(17)7-11-8-18-15(19-9-11)20-14-5-4-12(16)6-10(14)2/h4-6,8-9,13H,3,7,17H2,1-2H3. The smallest absolute Gasteiger partial charge is 0.321 e. The lowest BCUT2D eigenvalue weighted by molar-refractivity contribution is 0.437. The molecule has 0 aliphatic heterocycles. The number of ether oxygens (including phenoxy) is 1. The van der Waals surface area contributed by atoms with Crippen molar-refractivity contribution in [2.45, 2.75) is 32.7 Å². The molecule has 5 heteroatoms. The minimum absolute atomic E-state index is 0.152. The molecule has 20 heavy (non-hydrogen) atoms. The van der Waals surface area contributed by atoms with Crippen LogP contribution in [0.25, 0.3) is 0 Å². The molecular formula is C15H18BrN3O. The molecule has 1 aromatic carbocycles. The van der Waals surface area contributed by atoms with E-state index in [4.69, 9.17) is 10.5 Å². The maximum absolute atomic E-state index is 5.91. The lowest BCUT2D eigenvalue weighted by atomic mass is 10.1. The van der Waals surface area contributed by atoms with Gasteiger partial charge in [0.05, 0.1) is 0 Å². The Morgan fingerprint density at radius 3 is 2.60 bits per heavy atom. The lowest BCUT2D eigenvalue weighted by Crippen LogP contribution is -2.21. The summed E-state index contributed by atoms with van der Waals surface area (Å²) in [5.41, 5.74) is 7.96. The Morgan fingerprint density at radius 1 is 1.30 bits per heavy atom. The number of aryl methyl sites for hydroxylation is 1. The highest BCUT2D eigenvalue weighted by Crippen LogP contribution is 2.25. The molecule has 0 spiro atoms. The van der Waals surface area contributed by atoms with Crippen molar-refractivity contribution in [3.63, 3.8) is 0 Å². The molecule has 4 nitrogen and oxygen atoms in total. The van der Waals surface area contributed by atoms with Gasteiger partial charge in [-0.25, -0.2) is 9.97 Å². The zero-order valence-electron chi connectivity index (χ0n) is 11.6. The van der Waals surface area contributed by atoms with Crippen LogP contribution in [-0.4, -0.2) is 16.0 Å². The Labute approximate surface area is 127 Å². The van der Waals surface area contributed by atoms with E-state index >= 15 is 0 Å².